The van der Waals surface area contributed by atoms with Gasteiger partial charge in [-0.1, -0.05) is 0 Å². The van der Waals surface area contributed by atoms with Gasteiger partial charge in [0, 0.05) is 19.9 Å². The molecule has 15 heavy (non-hydrogen) atoms. The topological polar surface area (TPSA) is 76.4 Å². The maximum atomic E-state index is 11.4. The lowest BCUT2D eigenvalue weighted by Crippen LogP contribution is -2.24. The van der Waals surface area contributed by atoms with Crippen LogP contribution in [0.15, 0.2) is 17.1 Å². The van der Waals surface area contributed by atoms with Crippen LogP contribution in [0.3, 0.4) is 0 Å². The minimum absolute atomic E-state index is 0.104. The molecule has 0 aliphatic heterocycles. The van der Waals surface area contributed by atoms with Crippen molar-refractivity contribution in [3.05, 3.63) is 22.7 Å². The Labute approximate surface area is 87.5 Å². The Hall–Kier alpha value is -1.40. The SMILES string of the molecule is COC(C)CCn1ccc(NO)nc1=O. The van der Waals surface area contributed by atoms with Crippen molar-refractivity contribution in [3.63, 3.8) is 0 Å². The monoisotopic (exact) mass is 213 g/mol. The van der Waals surface area contributed by atoms with Crippen molar-refractivity contribution in [3.8, 4) is 0 Å². The summed E-state index contributed by atoms with van der Waals surface area (Å²) in [5.74, 6) is 0.149. The van der Waals surface area contributed by atoms with Crippen molar-refractivity contribution in [2.75, 3.05) is 12.6 Å². The molecule has 0 saturated heterocycles. The largest absolute Gasteiger partial charge is 0.382 e. The van der Waals surface area contributed by atoms with Crippen LogP contribution >= 0.6 is 0 Å². The summed E-state index contributed by atoms with van der Waals surface area (Å²) in [4.78, 5) is 15.0. The molecule has 0 saturated carbocycles. The number of aryl methyl sites for hydroxylation is 1. The van der Waals surface area contributed by atoms with Gasteiger partial charge in [-0.25, -0.2) is 4.79 Å². The summed E-state index contributed by atoms with van der Waals surface area (Å²) in [6, 6.07) is 1.53. The molecule has 1 atom stereocenters. The number of hydrogen-bond acceptors (Lipinski definition) is 5. The van der Waals surface area contributed by atoms with Gasteiger partial charge in [-0.3, -0.25) is 15.3 Å². The van der Waals surface area contributed by atoms with E-state index in [1.54, 1.807) is 13.3 Å². The molecule has 0 aromatic carbocycles. The lowest BCUT2D eigenvalue weighted by molar-refractivity contribution is 0.106. The second-order valence-corrected chi connectivity index (χ2v) is 3.24. The lowest BCUT2D eigenvalue weighted by Gasteiger charge is -2.10. The summed E-state index contributed by atoms with van der Waals surface area (Å²) >= 11 is 0. The number of methoxy groups -OCH3 is 1. The Bertz CT molecular complexity index is 364. The average molecular weight is 213 g/mol. The van der Waals surface area contributed by atoms with E-state index in [1.165, 1.54) is 10.6 Å². The third-order valence-electron chi connectivity index (χ3n) is 2.17. The summed E-state index contributed by atoms with van der Waals surface area (Å²) in [6.07, 6.45) is 2.42. The molecule has 0 spiro atoms. The molecule has 6 heteroatoms. The van der Waals surface area contributed by atoms with E-state index in [1.807, 2.05) is 12.4 Å². The Balaban J connectivity index is 2.66. The first-order valence-electron chi connectivity index (χ1n) is 4.67. The fourth-order valence-corrected chi connectivity index (χ4v) is 1.10. The average Bonchev–Trinajstić information content (AvgIpc) is 2.26. The standard InChI is InChI=1S/C9H15N3O3/c1-7(15-2)3-5-12-6-4-8(11-14)10-9(12)13/h4,6-7,14H,3,5H2,1-2H3,(H,10,11,13). The minimum atomic E-state index is -0.391. The molecule has 84 valence electrons. The molecule has 0 radical (unpaired) electrons. The predicted octanol–water partition coefficient (Wildman–Crippen LogP) is 0.469. The molecular formula is C9H15N3O3. The van der Waals surface area contributed by atoms with Crippen LogP contribution in [-0.4, -0.2) is 28.0 Å². The van der Waals surface area contributed by atoms with Crippen LogP contribution in [0, 0.1) is 0 Å². The summed E-state index contributed by atoms with van der Waals surface area (Å²) in [5.41, 5.74) is 1.43. The molecule has 0 fully saturated rings. The molecule has 1 unspecified atom stereocenters. The number of nitrogens with one attached hydrogen (secondary N) is 1. The molecule has 1 heterocycles. The normalized spacial score (nSPS) is 12.5. The third kappa shape index (κ3) is 3.34. The Morgan fingerprint density at radius 3 is 3.00 bits per heavy atom. The lowest BCUT2D eigenvalue weighted by atomic mass is 10.3. The van der Waals surface area contributed by atoms with Gasteiger partial charge in [0.2, 0.25) is 0 Å². The number of anilines is 1. The van der Waals surface area contributed by atoms with Gasteiger partial charge in [0.15, 0.2) is 5.82 Å². The molecule has 2 N–H and O–H groups in total. The second-order valence-electron chi connectivity index (χ2n) is 3.24. The summed E-state index contributed by atoms with van der Waals surface area (Å²) in [7, 11) is 1.63. The smallest absolute Gasteiger partial charge is 0.349 e. The van der Waals surface area contributed by atoms with Crippen molar-refractivity contribution in [2.24, 2.45) is 0 Å². The maximum absolute atomic E-state index is 11.4. The fourth-order valence-electron chi connectivity index (χ4n) is 1.10. The van der Waals surface area contributed by atoms with E-state index >= 15 is 0 Å². The van der Waals surface area contributed by atoms with Gasteiger partial charge in [0.1, 0.15) is 0 Å². The molecule has 0 aliphatic carbocycles. The molecule has 1 aromatic heterocycles. The number of nitrogens with zero attached hydrogens (tertiary/aromatic N) is 2. The zero-order valence-electron chi connectivity index (χ0n) is 8.80. The van der Waals surface area contributed by atoms with E-state index in [-0.39, 0.29) is 11.9 Å². The molecule has 6 nitrogen and oxygen atoms in total. The van der Waals surface area contributed by atoms with Gasteiger partial charge in [0.25, 0.3) is 0 Å². The van der Waals surface area contributed by atoms with Crippen LogP contribution in [0.2, 0.25) is 0 Å². The molecule has 0 amide bonds. The summed E-state index contributed by atoms with van der Waals surface area (Å²) in [6.45, 7) is 2.48. The molecule has 0 bridgehead atoms. The van der Waals surface area contributed by atoms with Crippen molar-refractivity contribution < 1.29 is 9.94 Å². The highest BCUT2D eigenvalue weighted by Crippen LogP contribution is 1.99. The van der Waals surface area contributed by atoms with Crippen molar-refractivity contribution in [1.29, 1.82) is 0 Å². The van der Waals surface area contributed by atoms with E-state index in [0.717, 1.165) is 6.42 Å². The van der Waals surface area contributed by atoms with E-state index in [9.17, 15) is 4.79 Å². The van der Waals surface area contributed by atoms with Gasteiger partial charge >= 0.3 is 5.69 Å². The Kier molecular flexibility index (Phi) is 4.26. The van der Waals surface area contributed by atoms with Crippen molar-refractivity contribution in [1.82, 2.24) is 9.55 Å². The first-order valence-corrected chi connectivity index (χ1v) is 4.67. The first kappa shape index (κ1) is 11.7. The number of rotatable bonds is 5. The van der Waals surface area contributed by atoms with E-state index < -0.39 is 5.69 Å². The minimum Gasteiger partial charge on any atom is -0.382 e. The van der Waals surface area contributed by atoms with Gasteiger partial charge in [-0.2, -0.15) is 4.98 Å². The van der Waals surface area contributed by atoms with Gasteiger partial charge in [-0.15, -0.1) is 0 Å². The Morgan fingerprint density at radius 1 is 1.73 bits per heavy atom. The zero-order chi connectivity index (χ0) is 11.3. The fraction of sp³-hybridized carbons (Fsp3) is 0.556. The first-order chi connectivity index (χ1) is 7.17. The molecule has 1 aromatic rings. The van der Waals surface area contributed by atoms with Crippen LogP contribution in [-0.2, 0) is 11.3 Å². The quantitative estimate of drug-likeness (QED) is 0.695. The van der Waals surface area contributed by atoms with Crippen LogP contribution in [0.5, 0.6) is 0 Å². The van der Waals surface area contributed by atoms with Gasteiger partial charge in [-0.05, 0) is 19.4 Å². The van der Waals surface area contributed by atoms with Crippen LogP contribution in [0.25, 0.3) is 0 Å². The number of hydrogen-bond donors (Lipinski definition) is 2. The summed E-state index contributed by atoms with van der Waals surface area (Å²) in [5, 5.41) is 8.53. The molecular weight excluding hydrogens is 198 g/mol. The highest BCUT2D eigenvalue weighted by Gasteiger charge is 2.02. The second kappa shape index (κ2) is 5.47. The van der Waals surface area contributed by atoms with Crippen LogP contribution in [0.1, 0.15) is 13.3 Å². The zero-order valence-corrected chi connectivity index (χ0v) is 8.80. The van der Waals surface area contributed by atoms with E-state index in [2.05, 4.69) is 4.98 Å². The van der Waals surface area contributed by atoms with E-state index in [4.69, 9.17) is 9.94 Å². The van der Waals surface area contributed by atoms with Crippen molar-refractivity contribution >= 4 is 5.82 Å². The summed E-state index contributed by atoms with van der Waals surface area (Å²) < 4.78 is 6.54. The van der Waals surface area contributed by atoms with Crippen LogP contribution in [0.4, 0.5) is 5.82 Å². The Morgan fingerprint density at radius 2 is 2.47 bits per heavy atom. The molecule has 0 aliphatic rings. The van der Waals surface area contributed by atoms with Gasteiger partial charge in [0.05, 0.1) is 6.10 Å². The van der Waals surface area contributed by atoms with E-state index in [0.29, 0.717) is 6.54 Å². The van der Waals surface area contributed by atoms with Crippen LogP contribution < -0.4 is 11.2 Å². The molecule has 1 rings (SSSR count). The predicted molar refractivity (Wildman–Crippen MR) is 55.0 cm³/mol. The maximum Gasteiger partial charge on any atom is 0.349 e. The number of ether oxygens (including phenoxy) is 1. The highest BCUT2D eigenvalue weighted by atomic mass is 16.5. The number of aromatic nitrogens is 2. The highest BCUT2D eigenvalue weighted by molar-refractivity contribution is 5.27. The van der Waals surface area contributed by atoms with Crippen molar-refractivity contribution in [2.45, 2.75) is 26.0 Å². The third-order valence-corrected chi connectivity index (χ3v) is 2.17. The van der Waals surface area contributed by atoms with Gasteiger partial charge < -0.3 is 4.74 Å².